The molecule has 0 spiro atoms. The van der Waals surface area contributed by atoms with Gasteiger partial charge in [-0.3, -0.25) is 9.59 Å². The van der Waals surface area contributed by atoms with Crippen molar-refractivity contribution < 1.29 is 19.4 Å². The predicted octanol–water partition coefficient (Wildman–Crippen LogP) is 1.94. The van der Waals surface area contributed by atoms with Gasteiger partial charge in [-0.2, -0.15) is 0 Å². The molecule has 0 saturated heterocycles. The van der Waals surface area contributed by atoms with E-state index in [0.717, 1.165) is 0 Å². The topological polar surface area (TPSA) is 89.6 Å². The zero-order valence-electron chi connectivity index (χ0n) is 11.9. The first-order valence-corrected chi connectivity index (χ1v) is 6.20. The van der Waals surface area contributed by atoms with Crippen LogP contribution < -0.4 is 5.73 Å². The highest BCUT2D eigenvalue weighted by Crippen LogP contribution is 2.24. The number of carbonyl (C=O) groups excluding carboxylic acids is 1. The van der Waals surface area contributed by atoms with Gasteiger partial charge in [0.05, 0.1) is 0 Å². The van der Waals surface area contributed by atoms with Crippen LogP contribution in [0.2, 0.25) is 0 Å². The SMILES string of the molecule is CC(C)CC(N)(CCC(=O)O)C(=O)OC(C)(C)C. The van der Waals surface area contributed by atoms with E-state index < -0.39 is 23.1 Å². The van der Waals surface area contributed by atoms with Crippen molar-refractivity contribution >= 4 is 11.9 Å². The lowest BCUT2D eigenvalue weighted by Crippen LogP contribution is -2.52. The number of nitrogens with two attached hydrogens (primary N) is 1. The number of esters is 1. The molecule has 0 aliphatic heterocycles. The molecule has 5 heteroatoms. The highest BCUT2D eigenvalue weighted by atomic mass is 16.6. The molecule has 0 aliphatic rings. The maximum Gasteiger partial charge on any atom is 0.326 e. The zero-order valence-corrected chi connectivity index (χ0v) is 11.9. The van der Waals surface area contributed by atoms with Gasteiger partial charge in [-0.15, -0.1) is 0 Å². The molecule has 0 heterocycles. The molecule has 3 N–H and O–H groups in total. The lowest BCUT2D eigenvalue weighted by molar-refractivity contribution is -0.163. The monoisotopic (exact) mass is 259 g/mol. The summed E-state index contributed by atoms with van der Waals surface area (Å²) < 4.78 is 5.28. The molecule has 18 heavy (non-hydrogen) atoms. The van der Waals surface area contributed by atoms with E-state index in [4.69, 9.17) is 15.6 Å². The van der Waals surface area contributed by atoms with E-state index in [9.17, 15) is 9.59 Å². The quantitative estimate of drug-likeness (QED) is 0.711. The van der Waals surface area contributed by atoms with Gasteiger partial charge in [-0.05, 0) is 39.5 Å². The third-order valence-corrected chi connectivity index (χ3v) is 2.36. The van der Waals surface area contributed by atoms with E-state index in [2.05, 4.69) is 0 Å². The van der Waals surface area contributed by atoms with Gasteiger partial charge in [0, 0.05) is 6.42 Å². The van der Waals surface area contributed by atoms with Gasteiger partial charge in [0.25, 0.3) is 0 Å². The van der Waals surface area contributed by atoms with Crippen LogP contribution in [0.25, 0.3) is 0 Å². The number of ether oxygens (including phenoxy) is 1. The summed E-state index contributed by atoms with van der Waals surface area (Å²) in [4.78, 5) is 22.7. The second kappa shape index (κ2) is 6.18. The molecule has 0 saturated carbocycles. The van der Waals surface area contributed by atoms with Crippen LogP contribution in [0.3, 0.4) is 0 Å². The molecule has 106 valence electrons. The van der Waals surface area contributed by atoms with Gasteiger partial charge in [0.15, 0.2) is 0 Å². The normalized spacial score (nSPS) is 15.3. The van der Waals surface area contributed by atoms with Crippen molar-refractivity contribution in [3.63, 3.8) is 0 Å². The van der Waals surface area contributed by atoms with Crippen LogP contribution in [0.15, 0.2) is 0 Å². The number of rotatable bonds is 6. The molecule has 0 aromatic carbocycles. The van der Waals surface area contributed by atoms with Crippen LogP contribution in [-0.4, -0.2) is 28.2 Å². The molecular weight excluding hydrogens is 234 g/mol. The van der Waals surface area contributed by atoms with Gasteiger partial charge < -0.3 is 15.6 Å². The Morgan fingerprint density at radius 1 is 1.28 bits per heavy atom. The lowest BCUT2D eigenvalue weighted by Gasteiger charge is -2.32. The van der Waals surface area contributed by atoms with Crippen molar-refractivity contribution in [3.05, 3.63) is 0 Å². The van der Waals surface area contributed by atoms with Crippen molar-refractivity contribution in [1.82, 2.24) is 0 Å². The first-order chi connectivity index (χ1) is 7.96. The Balaban J connectivity index is 4.84. The Morgan fingerprint density at radius 3 is 2.11 bits per heavy atom. The van der Waals surface area contributed by atoms with E-state index >= 15 is 0 Å². The second-order valence-corrected chi connectivity index (χ2v) is 6.15. The Morgan fingerprint density at radius 2 is 1.78 bits per heavy atom. The second-order valence-electron chi connectivity index (χ2n) is 6.15. The maximum atomic E-state index is 12.1. The molecule has 5 nitrogen and oxygen atoms in total. The number of hydrogen-bond acceptors (Lipinski definition) is 4. The summed E-state index contributed by atoms with van der Waals surface area (Å²) in [5, 5.41) is 8.72. The Kier molecular flexibility index (Phi) is 5.80. The average Bonchev–Trinajstić information content (AvgIpc) is 2.10. The van der Waals surface area contributed by atoms with Gasteiger partial charge in [-0.1, -0.05) is 13.8 Å². The molecule has 0 bridgehead atoms. The van der Waals surface area contributed by atoms with E-state index in [1.54, 1.807) is 20.8 Å². The lowest BCUT2D eigenvalue weighted by atomic mass is 9.85. The van der Waals surface area contributed by atoms with Crippen LogP contribution in [0.1, 0.15) is 53.9 Å². The van der Waals surface area contributed by atoms with E-state index in [1.807, 2.05) is 13.8 Å². The minimum atomic E-state index is -1.22. The molecule has 1 unspecified atom stereocenters. The highest BCUT2D eigenvalue weighted by Gasteiger charge is 2.38. The molecule has 0 aromatic rings. The van der Waals surface area contributed by atoms with Crippen molar-refractivity contribution in [2.45, 2.75) is 65.0 Å². The molecular formula is C13H25NO4. The average molecular weight is 259 g/mol. The standard InChI is InChI=1S/C13H25NO4/c1-9(2)8-13(14,7-6-10(15)16)11(17)18-12(3,4)5/h9H,6-8,14H2,1-5H3,(H,15,16). The molecule has 1 atom stereocenters. The number of carboxylic acid groups (broad SMARTS) is 1. The third-order valence-electron chi connectivity index (χ3n) is 2.36. The summed E-state index contributed by atoms with van der Waals surface area (Å²) in [6.07, 6.45) is 0.368. The molecule has 0 aromatic heterocycles. The Hall–Kier alpha value is -1.10. The maximum absolute atomic E-state index is 12.1. The molecule has 0 radical (unpaired) electrons. The van der Waals surface area contributed by atoms with Crippen molar-refractivity contribution in [1.29, 1.82) is 0 Å². The van der Waals surface area contributed by atoms with Crippen LogP contribution in [-0.2, 0) is 14.3 Å². The number of carbonyl (C=O) groups is 2. The molecule has 0 amide bonds. The minimum Gasteiger partial charge on any atom is -0.481 e. The summed E-state index contributed by atoms with van der Waals surface area (Å²) in [7, 11) is 0. The summed E-state index contributed by atoms with van der Waals surface area (Å²) in [5.74, 6) is -1.29. The van der Waals surface area contributed by atoms with Crippen LogP contribution in [0, 0.1) is 5.92 Å². The van der Waals surface area contributed by atoms with Gasteiger partial charge in [0.2, 0.25) is 0 Å². The fourth-order valence-corrected chi connectivity index (χ4v) is 1.73. The molecule has 0 rings (SSSR count). The van der Waals surface area contributed by atoms with Gasteiger partial charge in [0.1, 0.15) is 11.1 Å². The van der Waals surface area contributed by atoms with Gasteiger partial charge >= 0.3 is 11.9 Å². The zero-order chi connectivity index (χ0) is 14.6. The van der Waals surface area contributed by atoms with Crippen molar-refractivity contribution in [3.8, 4) is 0 Å². The fourth-order valence-electron chi connectivity index (χ4n) is 1.73. The molecule has 0 fully saturated rings. The number of aliphatic carboxylic acids is 1. The first kappa shape index (κ1) is 16.9. The summed E-state index contributed by atoms with van der Waals surface area (Å²) in [5.41, 5.74) is 4.21. The Labute approximate surface area is 109 Å². The smallest absolute Gasteiger partial charge is 0.326 e. The molecule has 0 aliphatic carbocycles. The summed E-state index contributed by atoms with van der Waals surface area (Å²) in [6, 6.07) is 0. The third kappa shape index (κ3) is 6.59. The van der Waals surface area contributed by atoms with Gasteiger partial charge in [-0.25, -0.2) is 0 Å². The van der Waals surface area contributed by atoms with Crippen LogP contribution in [0.5, 0.6) is 0 Å². The predicted molar refractivity (Wildman–Crippen MR) is 69.1 cm³/mol. The Bertz CT molecular complexity index is 307. The number of hydrogen-bond donors (Lipinski definition) is 2. The number of carboxylic acids is 1. The van der Waals surface area contributed by atoms with Crippen molar-refractivity contribution in [2.24, 2.45) is 11.7 Å². The van der Waals surface area contributed by atoms with E-state index in [-0.39, 0.29) is 18.8 Å². The first-order valence-electron chi connectivity index (χ1n) is 6.20. The summed E-state index contributed by atoms with van der Waals surface area (Å²) >= 11 is 0. The van der Waals surface area contributed by atoms with Crippen LogP contribution >= 0.6 is 0 Å². The van der Waals surface area contributed by atoms with Crippen LogP contribution in [0.4, 0.5) is 0 Å². The fraction of sp³-hybridized carbons (Fsp3) is 0.846. The largest absolute Gasteiger partial charge is 0.481 e. The van der Waals surface area contributed by atoms with E-state index in [0.29, 0.717) is 6.42 Å². The highest BCUT2D eigenvalue weighted by molar-refractivity contribution is 5.81. The minimum absolute atomic E-state index is 0.0927. The summed E-state index contributed by atoms with van der Waals surface area (Å²) in [6.45, 7) is 9.16. The van der Waals surface area contributed by atoms with Crippen molar-refractivity contribution in [2.75, 3.05) is 0 Å². The van der Waals surface area contributed by atoms with E-state index in [1.165, 1.54) is 0 Å².